The van der Waals surface area contributed by atoms with Crippen LogP contribution in [-0.2, 0) is 0 Å². The van der Waals surface area contributed by atoms with Gasteiger partial charge in [0.1, 0.15) is 0 Å². The Morgan fingerprint density at radius 3 is 1.67 bits per heavy atom. The molecule has 2 rings (SSSR count). The Morgan fingerprint density at radius 2 is 1.33 bits per heavy atom. The second-order valence-electron chi connectivity index (χ2n) is 3.14. The lowest BCUT2D eigenvalue weighted by Crippen LogP contribution is -2.08. The van der Waals surface area contributed by atoms with Crippen LogP contribution < -0.4 is 9.31 Å². The lowest BCUT2D eigenvalue weighted by molar-refractivity contribution is 0.473. The van der Waals surface area contributed by atoms with E-state index in [-0.39, 0.29) is 7.69 Å². The third-order valence-corrected chi connectivity index (χ3v) is 3.66. The molecular weight excluding hydrogens is 227 g/mol. The Kier molecular flexibility index (Phi) is 3.33. The van der Waals surface area contributed by atoms with E-state index in [1.807, 2.05) is 24.3 Å². The maximum Gasteiger partial charge on any atom is 0.577 e. The predicted octanol–water partition coefficient (Wildman–Crippen LogP) is 3.15. The first-order valence-electron chi connectivity index (χ1n) is 4.62. The van der Waals surface area contributed by atoms with Crippen LogP contribution in [0.25, 0.3) is 0 Å². The van der Waals surface area contributed by atoms with Gasteiger partial charge in [0.15, 0.2) is 10.1 Å². The molecule has 0 aliphatic heterocycles. The highest BCUT2D eigenvalue weighted by Gasteiger charge is 2.02. The van der Waals surface area contributed by atoms with Crippen molar-refractivity contribution in [2.75, 3.05) is 0 Å². The summed E-state index contributed by atoms with van der Waals surface area (Å²) in [4.78, 5) is 2.49. The lowest BCUT2D eigenvalue weighted by Gasteiger charge is -2.01. The van der Waals surface area contributed by atoms with Crippen LogP contribution in [0, 0.1) is 13.8 Å². The number of rotatable bonds is 4. The van der Waals surface area contributed by atoms with Gasteiger partial charge in [-0.25, -0.2) is 0 Å². The van der Waals surface area contributed by atoms with Crippen LogP contribution in [0.1, 0.15) is 9.75 Å². The fraction of sp³-hybridized carbons (Fsp3) is 0.200. The molecule has 2 aromatic heterocycles. The first kappa shape index (κ1) is 10.6. The minimum absolute atomic E-state index is 0.278. The normalized spacial score (nSPS) is 10.0. The van der Waals surface area contributed by atoms with Crippen LogP contribution in [0.3, 0.4) is 0 Å². The monoisotopic (exact) mass is 238 g/mol. The maximum atomic E-state index is 5.44. The van der Waals surface area contributed by atoms with Crippen molar-refractivity contribution in [2.24, 2.45) is 0 Å². The van der Waals surface area contributed by atoms with Crippen molar-refractivity contribution in [3.63, 3.8) is 0 Å². The van der Waals surface area contributed by atoms with Crippen molar-refractivity contribution in [3.8, 4) is 10.1 Å². The Balaban J connectivity index is 1.80. The number of thiophene rings is 2. The quantitative estimate of drug-likeness (QED) is 0.762. The summed E-state index contributed by atoms with van der Waals surface area (Å²) in [5.41, 5.74) is 0. The Morgan fingerprint density at radius 1 is 0.867 bits per heavy atom. The van der Waals surface area contributed by atoms with Crippen LogP contribution in [-0.4, -0.2) is 7.69 Å². The number of hydrogen-bond acceptors (Lipinski definition) is 4. The van der Waals surface area contributed by atoms with E-state index in [0.717, 1.165) is 10.1 Å². The minimum atomic E-state index is 0.278. The smallest absolute Gasteiger partial charge is 0.521 e. The maximum absolute atomic E-state index is 5.44. The van der Waals surface area contributed by atoms with E-state index in [1.165, 1.54) is 9.75 Å². The van der Waals surface area contributed by atoms with E-state index in [9.17, 15) is 0 Å². The average Bonchev–Trinajstić information content (AvgIpc) is 2.76. The molecule has 0 fully saturated rings. The van der Waals surface area contributed by atoms with E-state index >= 15 is 0 Å². The third kappa shape index (κ3) is 3.01. The zero-order valence-electron chi connectivity index (χ0n) is 8.65. The van der Waals surface area contributed by atoms with Gasteiger partial charge in [-0.05, 0) is 38.1 Å². The van der Waals surface area contributed by atoms with Gasteiger partial charge in [0.2, 0.25) is 0 Å². The largest absolute Gasteiger partial charge is 0.577 e. The van der Waals surface area contributed by atoms with E-state index in [0.29, 0.717) is 0 Å². The molecule has 0 aromatic carbocycles. The van der Waals surface area contributed by atoms with E-state index in [2.05, 4.69) is 13.8 Å². The Hall–Kier alpha value is -0.935. The molecule has 0 bridgehead atoms. The molecule has 0 spiro atoms. The van der Waals surface area contributed by atoms with Gasteiger partial charge in [-0.3, -0.25) is 0 Å². The van der Waals surface area contributed by atoms with Crippen molar-refractivity contribution < 1.29 is 9.31 Å². The van der Waals surface area contributed by atoms with Crippen molar-refractivity contribution in [2.45, 2.75) is 13.8 Å². The van der Waals surface area contributed by atoms with Crippen molar-refractivity contribution in [3.05, 3.63) is 34.0 Å². The molecule has 0 N–H and O–H groups in total. The molecule has 0 saturated heterocycles. The van der Waals surface area contributed by atoms with Gasteiger partial charge in [0, 0.05) is 9.75 Å². The Labute approximate surface area is 97.8 Å². The summed E-state index contributed by atoms with van der Waals surface area (Å²) in [7, 11) is 0.278. The van der Waals surface area contributed by atoms with Crippen LogP contribution in [0.15, 0.2) is 24.3 Å². The molecule has 0 radical (unpaired) electrons. The van der Waals surface area contributed by atoms with Crippen LogP contribution in [0.4, 0.5) is 0 Å². The molecule has 0 atom stereocenters. The van der Waals surface area contributed by atoms with E-state index in [4.69, 9.17) is 9.31 Å². The minimum Gasteiger partial charge on any atom is -0.521 e. The van der Waals surface area contributed by atoms with Crippen LogP contribution in [0.5, 0.6) is 10.1 Å². The zero-order chi connectivity index (χ0) is 10.7. The summed E-state index contributed by atoms with van der Waals surface area (Å²) in [5.74, 6) is 0. The highest BCUT2D eigenvalue weighted by molar-refractivity contribution is 7.14. The van der Waals surface area contributed by atoms with Gasteiger partial charge in [-0.1, -0.05) is 0 Å². The fourth-order valence-electron chi connectivity index (χ4n) is 1.12. The summed E-state index contributed by atoms with van der Waals surface area (Å²) < 4.78 is 10.9. The molecule has 0 unspecified atom stereocenters. The summed E-state index contributed by atoms with van der Waals surface area (Å²) in [6, 6.07) is 8.00. The first-order valence-corrected chi connectivity index (χ1v) is 6.26. The molecule has 0 saturated carbocycles. The van der Waals surface area contributed by atoms with Gasteiger partial charge in [-0.15, -0.1) is 22.7 Å². The van der Waals surface area contributed by atoms with Crippen LogP contribution in [0.2, 0.25) is 0 Å². The Bertz CT molecular complexity index is 396. The van der Waals surface area contributed by atoms with E-state index in [1.54, 1.807) is 22.7 Å². The molecule has 15 heavy (non-hydrogen) atoms. The second kappa shape index (κ2) is 4.72. The highest BCUT2D eigenvalue weighted by Crippen LogP contribution is 2.25. The number of aryl methyl sites for hydroxylation is 2. The first-order chi connectivity index (χ1) is 7.24. The van der Waals surface area contributed by atoms with Gasteiger partial charge < -0.3 is 9.31 Å². The summed E-state index contributed by atoms with van der Waals surface area (Å²) in [5, 5.41) is 1.81. The molecule has 78 valence electrons. The molecule has 2 heterocycles. The van der Waals surface area contributed by atoms with E-state index < -0.39 is 0 Å². The highest BCUT2D eigenvalue weighted by atomic mass is 32.1. The molecular formula is C10H11BO2S2. The molecule has 2 nitrogen and oxygen atoms in total. The molecule has 0 aliphatic rings. The lowest BCUT2D eigenvalue weighted by atomic mass is 10.4. The zero-order valence-corrected chi connectivity index (χ0v) is 10.3. The van der Waals surface area contributed by atoms with Crippen LogP contribution >= 0.6 is 22.7 Å². The summed E-state index contributed by atoms with van der Waals surface area (Å²) in [6.45, 7) is 4.11. The average molecular weight is 238 g/mol. The van der Waals surface area contributed by atoms with Gasteiger partial charge in [0.05, 0.1) is 0 Å². The van der Waals surface area contributed by atoms with Crippen molar-refractivity contribution in [1.82, 2.24) is 0 Å². The van der Waals surface area contributed by atoms with Crippen molar-refractivity contribution >= 4 is 30.4 Å². The summed E-state index contributed by atoms with van der Waals surface area (Å²) >= 11 is 3.26. The molecule has 2 aromatic rings. The summed E-state index contributed by atoms with van der Waals surface area (Å²) in [6.07, 6.45) is 0. The number of hydrogen-bond donors (Lipinski definition) is 0. The fourth-order valence-corrected chi connectivity index (χ4v) is 2.52. The van der Waals surface area contributed by atoms with Gasteiger partial charge >= 0.3 is 7.69 Å². The second-order valence-corrected chi connectivity index (χ2v) is 5.64. The van der Waals surface area contributed by atoms with Crippen molar-refractivity contribution in [1.29, 1.82) is 0 Å². The SMILES string of the molecule is Cc1ccc(OBOc2ccc(C)s2)s1. The molecule has 0 aliphatic carbocycles. The molecule has 5 heteroatoms. The topological polar surface area (TPSA) is 18.5 Å². The predicted molar refractivity (Wildman–Crippen MR) is 66.5 cm³/mol. The third-order valence-electron chi connectivity index (χ3n) is 1.83. The van der Waals surface area contributed by atoms with Gasteiger partial charge in [-0.2, -0.15) is 0 Å². The molecule has 0 amide bonds. The van der Waals surface area contributed by atoms with Gasteiger partial charge in [0.25, 0.3) is 0 Å². The standard InChI is InChI=1S/C10H11BO2S2/c1-7-3-5-9(14-7)12-11-13-10-6-4-8(2)15-10/h3-6,11H,1-2H3.